The van der Waals surface area contributed by atoms with Crippen molar-refractivity contribution in [2.24, 2.45) is 0 Å². The molecular formula is C10H10ClN3S. The van der Waals surface area contributed by atoms with Gasteiger partial charge < -0.3 is 5.32 Å². The van der Waals surface area contributed by atoms with Crippen LogP contribution < -0.4 is 5.32 Å². The van der Waals surface area contributed by atoms with Crippen molar-refractivity contribution in [3.8, 4) is 0 Å². The van der Waals surface area contributed by atoms with Gasteiger partial charge in [0.15, 0.2) is 0 Å². The summed E-state index contributed by atoms with van der Waals surface area (Å²) in [6.45, 7) is 2.71. The molecule has 0 unspecified atom stereocenters. The summed E-state index contributed by atoms with van der Waals surface area (Å²) in [5.41, 5.74) is 2.89. The minimum atomic E-state index is 0.639. The predicted octanol–water partition coefficient (Wildman–Crippen LogP) is 3.11. The highest BCUT2D eigenvalue weighted by Crippen LogP contribution is 2.19. The third kappa shape index (κ3) is 2.46. The standard InChI is InChI=1S/C10H10ClN3S/c1-7-9(15-6-14-7)5-13-10-8(11)3-2-4-12-10/h2-4,6H,5H2,1H3,(H,12,13). The predicted molar refractivity (Wildman–Crippen MR) is 63.4 cm³/mol. The quantitative estimate of drug-likeness (QED) is 0.895. The second-order valence-electron chi connectivity index (χ2n) is 3.05. The van der Waals surface area contributed by atoms with Crippen LogP contribution in [0.4, 0.5) is 5.82 Å². The number of nitrogens with one attached hydrogen (secondary N) is 1. The Bertz CT molecular complexity index is 455. The summed E-state index contributed by atoms with van der Waals surface area (Å²) in [5, 5.41) is 3.82. The number of hydrogen-bond donors (Lipinski definition) is 1. The van der Waals surface area contributed by atoms with Crippen LogP contribution in [-0.2, 0) is 6.54 Å². The zero-order valence-corrected chi connectivity index (χ0v) is 9.77. The molecule has 0 radical (unpaired) electrons. The van der Waals surface area contributed by atoms with Crippen LogP contribution in [0.5, 0.6) is 0 Å². The van der Waals surface area contributed by atoms with Gasteiger partial charge in [0.25, 0.3) is 0 Å². The van der Waals surface area contributed by atoms with E-state index in [0.717, 1.165) is 5.69 Å². The number of nitrogens with zero attached hydrogens (tertiary/aromatic N) is 2. The number of thiazole rings is 1. The first-order valence-corrected chi connectivity index (χ1v) is 5.76. The molecule has 2 heterocycles. The van der Waals surface area contributed by atoms with Gasteiger partial charge in [-0.3, -0.25) is 0 Å². The fourth-order valence-corrected chi connectivity index (χ4v) is 2.08. The molecule has 0 saturated carbocycles. The molecule has 15 heavy (non-hydrogen) atoms. The summed E-state index contributed by atoms with van der Waals surface area (Å²) >= 11 is 7.60. The number of halogens is 1. The third-order valence-electron chi connectivity index (χ3n) is 2.02. The van der Waals surface area contributed by atoms with Crippen molar-refractivity contribution in [2.45, 2.75) is 13.5 Å². The molecular weight excluding hydrogens is 230 g/mol. The molecule has 3 nitrogen and oxygen atoms in total. The van der Waals surface area contributed by atoms with Crippen molar-refractivity contribution < 1.29 is 0 Å². The van der Waals surface area contributed by atoms with Gasteiger partial charge in [-0.15, -0.1) is 11.3 Å². The Morgan fingerprint density at radius 2 is 2.33 bits per heavy atom. The lowest BCUT2D eigenvalue weighted by atomic mass is 10.4. The van der Waals surface area contributed by atoms with Crippen molar-refractivity contribution in [3.63, 3.8) is 0 Å². The number of aryl methyl sites for hydroxylation is 1. The van der Waals surface area contributed by atoms with Crippen molar-refractivity contribution >= 4 is 28.8 Å². The first-order chi connectivity index (χ1) is 7.27. The minimum Gasteiger partial charge on any atom is -0.364 e. The molecule has 0 aliphatic heterocycles. The van der Waals surface area contributed by atoms with Crippen LogP contribution in [0.3, 0.4) is 0 Å². The molecule has 1 N–H and O–H groups in total. The lowest BCUT2D eigenvalue weighted by Crippen LogP contribution is -2.01. The highest BCUT2D eigenvalue weighted by molar-refractivity contribution is 7.09. The van der Waals surface area contributed by atoms with E-state index in [1.54, 1.807) is 17.5 Å². The van der Waals surface area contributed by atoms with Gasteiger partial charge in [0.1, 0.15) is 5.82 Å². The Kier molecular flexibility index (Phi) is 3.18. The van der Waals surface area contributed by atoms with Crippen molar-refractivity contribution in [1.82, 2.24) is 9.97 Å². The van der Waals surface area contributed by atoms with E-state index in [1.165, 1.54) is 4.88 Å². The van der Waals surface area contributed by atoms with Gasteiger partial charge in [0.2, 0.25) is 0 Å². The molecule has 0 atom stereocenters. The average Bonchev–Trinajstić information content (AvgIpc) is 2.63. The lowest BCUT2D eigenvalue weighted by molar-refractivity contribution is 1.10. The summed E-state index contributed by atoms with van der Waals surface area (Å²) in [6, 6.07) is 3.63. The van der Waals surface area contributed by atoms with Crippen LogP contribution in [0.25, 0.3) is 0 Å². The molecule has 0 fully saturated rings. The van der Waals surface area contributed by atoms with Crippen molar-refractivity contribution in [2.75, 3.05) is 5.32 Å². The zero-order chi connectivity index (χ0) is 10.7. The van der Waals surface area contributed by atoms with Crippen LogP contribution in [0.15, 0.2) is 23.8 Å². The maximum atomic E-state index is 5.97. The highest BCUT2D eigenvalue weighted by Gasteiger charge is 2.03. The Labute approximate surface area is 97.2 Å². The van der Waals surface area contributed by atoms with Gasteiger partial charge in [0.05, 0.1) is 22.8 Å². The molecule has 5 heteroatoms. The first-order valence-electron chi connectivity index (χ1n) is 4.50. The monoisotopic (exact) mass is 239 g/mol. The first kappa shape index (κ1) is 10.4. The van der Waals surface area contributed by atoms with E-state index in [4.69, 9.17) is 11.6 Å². The molecule has 2 aromatic heterocycles. The van der Waals surface area contributed by atoms with E-state index >= 15 is 0 Å². The van der Waals surface area contributed by atoms with Gasteiger partial charge in [-0.05, 0) is 19.1 Å². The largest absolute Gasteiger partial charge is 0.364 e. The van der Waals surface area contributed by atoms with Crippen LogP contribution in [-0.4, -0.2) is 9.97 Å². The maximum Gasteiger partial charge on any atom is 0.145 e. The van der Waals surface area contributed by atoms with E-state index in [9.17, 15) is 0 Å². The molecule has 0 aromatic carbocycles. The van der Waals surface area contributed by atoms with Gasteiger partial charge in [-0.2, -0.15) is 0 Å². The van der Waals surface area contributed by atoms with Crippen molar-refractivity contribution in [3.05, 3.63) is 39.4 Å². The zero-order valence-electron chi connectivity index (χ0n) is 8.20. The number of pyridine rings is 1. The Hall–Kier alpha value is -1.13. The van der Waals surface area contributed by atoms with Crippen molar-refractivity contribution in [1.29, 1.82) is 0 Å². The number of rotatable bonds is 3. The third-order valence-corrected chi connectivity index (χ3v) is 3.26. The van der Waals surface area contributed by atoms with Gasteiger partial charge in [0, 0.05) is 11.1 Å². The summed E-state index contributed by atoms with van der Waals surface area (Å²) in [5.74, 6) is 0.715. The number of anilines is 1. The molecule has 2 rings (SSSR count). The molecule has 0 amide bonds. The SMILES string of the molecule is Cc1ncsc1CNc1ncccc1Cl. The molecule has 0 aliphatic carbocycles. The Morgan fingerprint density at radius 1 is 1.47 bits per heavy atom. The summed E-state index contributed by atoms with van der Waals surface area (Å²) in [6.07, 6.45) is 1.72. The van der Waals surface area contributed by atoms with Gasteiger partial charge in [-0.1, -0.05) is 11.6 Å². The van der Waals surface area contributed by atoms with Crippen LogP contribution >= 0.6 is 22.9 Å². The van der Waals surface area contributed by atoms with Gasteiger partial charge >= 0.3 is 0 Å². The molecule has 0 spiro atoms. The van der Waals surface area contributed by atoms with E-state index in [2.05, 4.69) is 15.3 Å². The van der Waals surface area contributed by atoms with Crippen LogP contribution in [0.2, 0.25) is 5.02 Å². The van der Waals surface area contributed by atoms with E-state index < -0.39 is 0 Å². The van der Waals surface area contributed by atoms with Crippen LogP contribution in [0.1, 0.15) is 10.6 Å². The Morgan fingerprint density at radius 3 is 3.00 bits per heavy atom. The Balaban J connectivity index is 2.06. The second-order valence-corrected chi connectivity index (χ2v) is 4.39. The topological polar surface area (TPSA) is 37.8 Å². The number of hydrogen-bond acceptors (Lipinski definition) is 4. The normalized spacial score (nSPS) is 10.3. The molecule has 0 bridgehead atoms. The highest BCUT2D eigenvalue weighted by atomic mass is 35.5. The maximum absolute atomic E-state index is 5.97. The van der Waals surface area contributed by atoms with Crippen LogP contribution in [0, 0.1) is 6.92 Å². The molecule has 0 saturated heterocycles. The van der Waals surface area contributed by atoms with E-state index in [-0.39, 0.29) is 0 Å². The summed E-state index contributed by atoms with van der Waals surface area (Å²) < 4.78 is 0. The summed E-state index contributed by atoms with van der Waals surface area (Å²) in [7, 11) is 0. The second kappa shape index (κ2) is 4.59. The fourth-order valence-electron chi connectivity index (χ4n) is 1.18. The summed E-state index contributed by atoms with van der Waals surface area (Å²) in [4.78, 5) is 9.53. The smallest absolute Gasteiger partial charge is 0.145 e. The van der Waals surface area contributed by atoms with E-state index in [1.807, 2.05) is 24.6 Å². The molecule has 2 aromatic rings. The lowest BCUT2D eigenvalue weighted by Gasteiger charge is -2.05. The number of aromatic nitrogens is 2. The molecule has 78 valence electrons. The van der Waals surface area contributed by atoms with Gasteiger partial charge in [-0.25, -0.2) is 9.97 Å². The molecule has 0 aliphatic rings. The fraction of sp³-hybridized carbons (Fsp3) is 0.200. The van der Waals surface area contributed by atoms with E-state index in [0.29, 0.717) is 17.4 Å². The minimum absolute atomic E-state index is 0.639. The average molecular weight is 240 g/mol.